The molecule has 3 nitrogen and oxygen atoms in total. The van der Waals surface area contributed by atoms with Crippen LogP contribution in [0.2, 0.25) is 0 Å². The summed E-state index contributed by atoms with van der Waals surface area (Å²) in [5, 5.41) is 11.3. The predicted octanol–water partition coefficient (Wildman–Crippen LogP) is 3.20. The van der Waals surface area contributed by atoms with Crippen molar-refractivity contribution in [2.24, 2.45) is 0 Å². The average molecular weight is 229 g/mol. The normalized spacial score (nSPS) is 12.5. The van der Waals surface area contributed by atoms with E-state index in [1.54, 1.807) is 12.4 Å². The number of fused-ring (bicyclic) bond motifs is 1. The molecule has 2 rings (SSSR count). The summed E-state index contributed by atoms with van der Waals surface area (Å²) in [6, 6.07) is 7.77. The SMILES string of the molecule is CCCC(C(=O)O)c1cncc2ccccc12. The minimum Gasteiger partial charge on any atom is -0.481 e. The van der Waals surface area contributed by atoms with Gasteiger partial charge in [-0.25, -0.2) is 0 Å². The van der Waals surface area contributed by atoms with Gasteiger partial charge in [-0.15, -0.1) is 0 Å². The van der Waals surface area contributed by atoms with Gasteiger partial charge in [-0.1, -0.05) is 37.6 Å². The summed E-state index contributed by atoms with van der Waals surface area (Å²) in [4.78, 5) is 15.4. The summed E-state index contributed by atoms with van der Waals surface area (Å²) in [7, 11) is 0. The van der Waals surface area contributed by atoms with Crippen molar-refractivity contribution in [1.29, 1.82) is 0 Å². The molecule has 0 spiro atoms. The van der Waals surface area contributed by atoms with Crippen LogP contribution in [0.4, 0.5) is 0 Å². The highest BCUT2D eigenvalue weighted by atomic mass is 16.4. The van der Waals surface area contributed by atoms with Gasteiger partial charge in [0.2, 0.25) is 0 Å². The van der Waals surface area contributed by atoms with Crippen LogP contribution in [0.15, 0.2) is 36.7 Å². The quantitative estimate of drug-likeness (QED) is 0.875. The van der Waals surface area contributed by atoms with Crippen LogP contribution in [0, 0.1) is 0 Å². The number of pyridine rings is 1. The minimum atomic E-state index is -0.773. The Kier molecular flexibility index (Phi) is 3.38. The Balaban J connectivity index is 2.56. The van der Waals surface area contributed by atoms with Crippen LogP contribution in [-0.2, 0) is 4.79 Å². The maximum Gasteiger partial charge on any atom is 0.311 e. The second-order valence-corrected chi connectivity index (χ2v) is 4.13. The fourth-order valence-corrected chi connectivity index (χ4v) is 2.12. The Morgan fingerprint density at radius 3 is 2.82 bits per heavy atom. The highest BCUT2D eigenvalue weighted by molar-refractivity contribution is 5.89. The Morgan fingerprint density at radius 2 is 2.12 bits per heavy atom. The van der Waals surface area contributed by atoms with Crippen molar-refractivity contribution >= 4 is 16.7 Å². The number of hydrogen-bond donors (Lipinski definition) is 1. The van der Waals surface area contributed by atoms with Crippen molar-refractivity contribution in [3.63, 3.8) is 0 Å². The lowest BCUT2D eigenvalue weighted by atomic mass is 9.92. The number of carboxylic acids is 1. The molecule has 0 fully saturated rings. The van der Waals surface area contributed by atoms with Gasteiger partial charge in [-0.3, -0.25) is 9.78 Å². The number of rotatable bonds is 4. The van der Waals surface area contributed by atoms with Gasteiger partial charge in [-0.05, 0) is 17.4 Å². The fraction of sp³-hybridized carbons (Fsp3) is 0.286. The van der Waals surface area contributed by atoms with E-state index in [2.05, 4.69) is 4.98 Å². The zero-order valence-electron chi connectivity index (χ0n) is 9.76. The number of benzene rings is 1. The van der Waals surface area contributed by atoms with Crippen molar-refractivity contribution in [2.45, 2.75) is 25.7 Å². The second-order valence-electron chi connectivity index (χ2n) is 4.13. The van der Waals surface area contributed by atoms with Gasteiger partial charge in [-0.2, -0.15) is 0 Å². The Bertz CT molecular complexity index is 531. The van der Waals surface area contributed by atoms with E-state index in [0.717, 1.165) is 22.8 Å². The molecule has 88 valence electrons. The zero-order valence-corrected chi connectivity index (χ0v) is 9.76. The van der Waals surface area contributed by atoms with E-state index in [1.165, 1.54) is 0 Å². The fourth-order valence-electron chi connectivity index (χ4n) is 2.12. The second kappa shape index (κ2) is 4.95. The van der Waals surface area contributed by atoms with Crippen LogP contribution in [0.25, 0.3) is 10.8 Å². The summed E-state index contributed by atoms with van der Waals surface area (Å²) >= 11 is 0. The average Bonchev–Trinajstić information content (AvgIpc) is 2.35. The van der Waals surface area contributed by atoms with Gasteiger partial charge in [0.25, 0.3) is 0 Å². The van der Waals surface area contributed by atoms with Crippen molar-refractivity contribution in [3.8, 4) is 0 Å². The Morgan fingerprint density at radius 1 is 1.35 bits per heavy atom. The maximum absolute atomic E-state index is 11.3. The Hall–Kier alpha value is -1.90. The molecule has 0 aliphatic rings. The van der Waals surface area contributed by atoms with Gasteiger partial charge in [0.05, 0.1) is 5.92 Å². The molecule has 1 atom stereocenters. The third-order valence-electron chi connectivity index (χ3n) is 2.95. The highest BCUT2D eigenvalue weighted by Crippen LogP contribution is 2.28. The third-order valence-corrected chi connectivity index (χ3v) is 2.95. The van der Waals surface area contributed by atoms with Gasteiger partial charge in [0.15, 0.2) is 0 Å². The first-order valence-corrected chi connectivity index (χ1v) is 5.79. The summed E-state index contributed by atoms with van der Waals surface area (Å²) in [6.07, 6.45) is 4.94. The van der Waals surface area contributed by atoms with E-state index in [9.17, 15) is 9.90 Å². The molecule has 1 aromatic carbocycles. The van der Waals surface area contributed by atoms with E-state index >= 15 is 0 Å². The first-order chi connectivity index (χ1) is 8.24. The summed E-state index contributed by atoms with van der Waals surface area (Å²) < 4.78 is 0. The number of hydrogen-bond acceptors (Lipinski definition) is 2. The highest BCUT2D eigenvalue weighted by Gasteiger charge is 2.20. The van der Waals surface area contributed by atoms with Gasteiger partial charge >= 0.3 is 5.97 Å². The molecule has 0 bridgehead atoms. The smallest absolute Gasteiger partial charge is 0.311 e. The maximum atomic E-state index is 11.3. The summed E-state index contributed by atoms with van der Waals surface area (Å²) in [5.74, 6) is -1.23. The monoisotopic (exact) mass is 229 g/mol. The van der Waals surface area contributed by atoms with Crippen LogP contribution in [0.1, 0.15) is 31.2 Å². The molecule has 0 aliphatic carbocycles. The van der Waals surface area contributed by atoms with Crippen molar-refractivity contribution in [1.82, 2.24) is 4.98 Å². The number of aromatic nitrogens is 1. The summed E-state index contributed by atoms with van der Waals surface area (Å²) in [5.41, 5.74) is 0.817. The molecule has 1 unspecified atom stereocenters. The van der Waals surface area contributed by atoms with E-state index in [-0.39, 0.29) is 0 Å². The number of carbonyl (C=O) groups is 1. The van der Waals surface area contributed by atoms with Crippen LogP contribution in [0.3, 0.4) is 0 Å². The number of carboxylic acid groups (broad SMARTS) is 1. The molecule has 1 N–H and O–H groups in total. The van der Waals surface area contributed by atoms with Crippen molar-refractivity contribution in [2.75, 3.05) is 0 Å². The molecule has 0 saturated heterocycles. The van der Waals surface area contributed by atoms with Crippen molar-refractivity contribution in [3.05, 3.63) is 42.2 Å². The lowest BCUT2D eigenvalue weighted by Crippen LogP contribution is -2.12. The van der Waals surface area contributed by atoms with Crippen LogP contribution < -0.4 is 0 Å². The lowest BCUT2D eigenvalue weighted by Gasteiger charge is -2.13. The van der Waals surface area contributed by atoms with E-state index < -0.39 is 11.9 Å². The van der Waals surface area contributed by atoms with Crippen LogP contribution in [0.5, 0.6) is 0 Å². The van der Waals surface area contributed by atoms with E-state index in [0.29, 0.717) is 6.42 Å². The molecular weight excluding hydrogens is 214 g/mol. The molecule has 1 heterocycles. The molecule has 17 heavy (non-hydrogen) atoms. The van der Waals surface area contributed by atoms with Crippen LogP contribution >= 0.6 is 0 Å². The van der Waals surface area contributed by atoms with Crippen LogP contribution in [-0.4, -0.2) is 16.1 Å². The minimum absolute atomic E-state index is 0.460. The van der Waals surface area contributed by atoms with Gasteiger partial charge in [0.1, 0.15) is 0 Å². The van der Waals surface area contributed by atoms with Gasteiger partial charge < -0.3 is 5.11 Å². The third kappa shape index (κ3) is 2.28. The van der Waals surface area contributed by atoms with Gasteiger partial charge in [0, 0.05) is 17.8 Å². The molecule has 0 amide bonds. The lowest BCUT2D eigenvalue weighted by molar-refractivity contribution is -0.138. The molecule has 1 aromatic heterocycles. The zero-order chi connectivity index (χ0) is 12.3. The molecule has 2 aromatic rings. The standard InChI is InChI=1S/C14H15NO2/c1-2-5-12(14(16)17)13-9-15-8-10-6-3-4-7-11(10)13/h3-4,6-9,12H,2,5H2,1H3,(H,16,17). The summed E-state index contributed by atoms with van der Waals surface area (Å²) in [6.45, 7) is 1.99. The molecule has 0 saturated carbocycles. The number of aliphatic carboxylic acids is 1. The molecular formula is C14H15NO2. The predicted molar refractivity (Wildman–Crippen MR) is 67.0 cm³/mol. The first-order valence-electron chi connectivity index (χ1n) is 5.79. The Labute approximate surface area is 100 Å². The number of nitrogens with zero attached hydrogens (tertiary/aromatic N) is 1. The van der Waals surface area contributed by atoms with E-state index in [1.807, 2.05) is 31.2 Å². The first kappa shape index (κ1) is 11.6. The largest absolute Gasteiger partial charge is 0.481 e. The van der Waals surface area contributed by atoms with E-state index in [4.69, 9.17) is 0 Å². The molecule has 3 heteroatoms. The topological polar surface area (TPSA) is 50.2 Å². The molecule has 0 aliphatic heterocycles. The molecule has 0 radical (unpaired) electrons. The van der Waals surface area contributed by atoms with Crippen molar-refractivity contribution < 1.29 is 9.90 Å².